The molecular weight excluding hydrogens is 458 g/mol. The van der Waals surface area contributed by atoms with Gasteiger partial charge in [0, 0.05) is 16.3 Å². The van der Waals surface area contributed by atoms with Gasteiger partial charge in [0.05, 0.1) is 19.1 Å². The fourth-order valence-electron chi connectivity index (χ4n) is 3.02. The molecule has 33 heavy (non-hydrogen) atoms. The summed E-state index contributed by atoms with van der Waals surface area (Å²) in [6.45, 7) is 0. The minimum Gasteiger partial charge on any atom is -0.497 e. The quantitative estimate of drug-likeness (QED) is 0.223. The minimum atomic E-state index is -0.255. The Morgan fingerprint density at radius 1 is 1.09 bits per heavy atom. The van der Waals surface area contributed by atoms with Crippen LogP contribution < -0.4 is 10.2 Å². The summed E-state index contributed by atoms with van der Waals surface area (Å²) < 4.78 is 7.10. The van der Waals surface area contributed by atoms with E-state index in [2.05, 4.69) is 20.7 Å². The molecule has 1 aromatic heterocycles. The summed E-state index contributed by atoms with van der Waals surface area (Å²) in [6.07, 6.45) is 1.57. The molecule has 0 saturated heterocycles. The van der Waals surface area contributed by atoms with Crippen LogP contribution in [0.25, 0.3) is 17.1 Å². The molecule has 0 aliphatic heterocycles. The number of rotatable bonds is 8. The highest BCUT2D eigenvalue weighted by atomic mass is 35.5. The van der Waals surface area contributed by atoms with Gasteiger partial charge in [-0.15, -0.1) is 10.2 Å². The van der Waals surface area contributed by atoms with Gasteiger partial charge in [0.2, 0.25) is 0 Å². The van der Waals surface area contributed by atoms with Crippen LogP contribution >= 0.6 is 23.4 Å². The third kappa shape index (κ3) is 5.79. The molecule has 7 nitrogen and oxygen atoms in total. The molecule has 0 atom stereocenters. The van der Waals surface area contributed by atoms with E-state index in [1.807, 2.05) is 83.4 Å². The van der Waals surface area contributed by atoms with Crippen LogP contribution in [0.3, 0.4) is 0 Å². The summed E-state index contributed by atoms with van der Waals surface area (Å²) in [7, 11) is 1.60. The Morgan fingerprint density at radius 3 is 2.64 bits per heavy atom. The molecule has 0 aliphatic rings. The van der Waals surface area contributed by atoms with Crippen molar-refractivity contribution in [2.24, 2.45) is 5.10 Å². The first kappa shape index (κ1) is 22.6. The average molecular weight is 478 g/mol. The lowest BCUT2D eigenvalue weighted by Crippen LogP contribution is -2.20. The number of carbonyl (C=O) groups excluding carboxylic acids is 1. The highest BCUT2D eigenvalue weighted by Gasteiger charge is 2.17. The summed E-state index contributed by atoms with van der Waals surface area (Å²) in [5.74, 6) is 1.25. The molecule has 0 fully saturated rings. The van der Waals surface area contributed by atoms with Gasteiger partial charge in [-0.2, -0.15) is 5.10 Å². The molecule has 4 aromatic rings. The number of hydrazone groups is 1. The number of nitrogens with one attached hydrogen (secondary N) is 1. The largest absolute Gasteiger partial charge is 0.497 e. The number of amides is 1. The van der Waals surface area contributed by atoms with Crippen molar-refractivity contribution < 1.29 is 9.53 Å². The molecule has 3 aromatic carbocycles. The van der Waals surface area contributed by atoms with Crippen LogP contribution in [0.1, 0.15) is 5.56 Å². The summed E-state index contributed by atoms with van der Waals surface area (Å²) in [5, 5.41) is 13.9. The maximum Gasteiger partial charge on any atom is 0.250 e. The number of carbonyl (C=O) groups is 1. The topological polar surface area (TPSA) is 81.4 Å². The Labute approximate surface area is 200 Å². The summed E-state index contributed by atoms with van der Waals surface area (Å²) in [4.78, 5) is 12.3. The first-order valence-corrected chi connectivity index (χ1v) is 11.4. The van der Waals surface area contributed by atoms with E-state index in [1.54, 1.807) is 13.3 Å². The van der Waals surface area contributed by atoms with Crippen molar-refractivity contribution in [1.82, 2.24) is 20.2 Å². The van der Waals surface area contributed by atoms with E-state index < -0.39 is 0 Å². The number of thioether (sulfide) groups is 1. The number of ether oxygens (including phenoxy) is 1. The standard InChI is InChI=1S/C24H20ClN5O2S/c1-32-21-9-5-6-17(14-21)15-26-27-22(31)16-33-24-29-28-23(18-10-12-19(25)13-11-18)30(24)20-7-3-2-4-8-20/h2-15H,16H2,1H3,(H,27,31)/b26-15-. The zero-order valence-corrected chi connectivity index (χ0v) is 19.3. The molecule has 9 heteroatoms. The fourth-order valence-corrected chi connectivity index (χ4v) is 3.89. The number of halogens is 1. The first-order chi connectivity index (χ1) is 16.1. The first-order valence-electron chi connectivity index (χ1n) is 9.99. The molecule has 0 saturated carbocycles. The van der Waals surface area contributed by atoms with Gasteiger partial charge in [-0.25, -0.2) is 5.43 Å². The van der Waals surface area contributed by atoms with Crippen molar-refractivity contribution in [3.8, 4) is 22.8 Å². The minimum absolute atomic E-state index is 0.126. The maximum absolute atomic E-state index is 12.3. The second kappa shape index (κ2) is 10.8. The predicted molar refractivity (Wildman–Crippen MR) is 131 cm³/mol. The van der Waals surface area contributed by atoms with Gasteiger partial charge >= 0.3 is 0 Å². The van der Waals surface area contributed by atoms with Crippen molar-refractivity contribution in [3.05, 3.63) is 89.4 Å². The van der Waals surface area contributed by atoms with Crippen molar-refractivity contribution in [2.45, 2.75) is 5.16 Å². The zero-order chi connectivity index (χ0) is 23.0. The van der Waals surface area contributed by atoms with Gasteiger partial charge in [-0.1, -0.05) is 53.7 Å². The molecular formula is C24H20ClN5O2S. The summed E-state index contributed by atoms with van der Waals surface area (Å²) >= 11 is 7.31. The number of hydrogen-bond acceptors (Lipinski definition) is 6. The van der Waals surface area contributed by atoms with Crippen LogP contribution in [0.15, 0.2) is 89.1 Å². The Hall–Kier alpha value is -3.62. The van der Waals surface area contributed by atoms with Crippen molar-refractivity contribution in [3.63, 3.8) is 0 Å². The van der Waals surface area contributed by atoms with Gasteiger partial charge in [0.15, 0.2) is 11.0 Å². The van der Waals surface area contributed by atoms with Crippen LogP contribution in [0.4, 0.5) is 0 Å². The van der Waals surface area contributed by atoms with Crippen LogP contribution in [0, 0.1) is 0 Å². The molecule has 1 N–H and O–H groups in total. The molecule has 0 spiro atoms. The van der Waals surface area contributed by atoms with Gasteiger partial charge in [-0.05, 0) is 54.1 Å². The molecule has 1 amide bonds. The Morgan fingerprint density at radius 2 is 1.88 bits per heavy atom. The van der Waals surface area contributed by atoms with E-state index in [1.165, 1.54) is 11.8 Å². The zero-order valence-electron chi connectivity index (χ0n) is 17.7. The third-order valence-electron chi connectivity index (χ3n) is 4.58. The van der Waals surface area contributed by atoms with Crippen LogP contribution in [0.5, 0.6) is 5.75 Å². The van der Waals surface area contributed by atoms with Gasteiger partial charge < -0.3 is 4.74 Å². The van der Waals surface area contributed by atoms with Gasteiger partial charge in [-0.3, -0.25) is 9.36 Å². The highest BCUT2D eigenvalue weighted by Crippen LogP contribution is 2.28. The Bertz CT molecular complexity index is 1260. The molecule has 0 aliphatic carbocycles. The molecule has 1 heterocycles. The second-order valence-corrected chi connectivity index (χ2v) is 8.22. The SMILES string of the molecule is COc1cccc(/C=N\NC(=O)CSc2nnc(-c3ccc(Cl)cc3)n2-c2ccccc2)c1. The van der Waals surface area contributed by atoms with Crippen molar-refractivity contribution in [2.75, 3.05) is 12.9 Å². The molecule has 0 bridgehead atoms. The van der Waals surface area contributed by atoms with E-state index in [-0.39, 0.29) is 11.7 Å². The Balaban J connectivity index is 1.48. The van der Waals surface area contributed by atoms with Crippen LogP contribution in [0.2, 0.25) is 5.02 Å². The van der Waals surface area contributed by atoms with E-state index in [4.69, 9.17) is 16.3 Å². The van der Waals surface area contributed by atoms with Gasteiger partial charge in [0.25, 0.3) is 5.91 Å². The smallest absolute Gasteiger partial charge is 0.250 e. The number of para-hydroxylation sites is 1. The molecule has 4 rings (SSSR count). The van der Waals surface area contributed by atoms with Crippen LogP contribution in [-0.4, -0.2) is 39.7 Å². The van der Waals surface area contributed by atoms with Crippen molar-refractivity contribution >= 4 is 35.5 Å². The van der Waals surface area contributed by atoms with Gasteiger partial charge in [0.1, 0.15) is 5.75 Å². The maximum atomic E-state index is 12.3. The Kier molecular flexibility index (Phi) is 7.39. The number of methoxy groups -OCH3 is 1. The molecule has 166 valence electrons. The summed E-state index contributed by atoms with van der Waals surface area (Å²) in [6, 6.07) is 24.5. The number of benzene rings is 3. The normalized spacial score (nSPS) is 11.0. The predicted octanol–water partition coefficient (Wildman–Crippen LogP) is 4.84. The van der Waals surface area contributed by atoms with E-state index in [0.717, 1.165) is 22.6 Å². The highest BCUT2D eigenvalue weighted by molar-refractivity contribution is 7.99. The fraction of sp³-hybridized carbons (Fsp3) is 0.0833. The van der Waals surface area contributed by atoms with E-state index in [9.17, 15) is 4.79 Å². The van der Waals surface area contributed by atoms with Crippen molar-refractivity contribution in [1.29, 1.82) is 0 Å². The van der Waals surface area contributed by atoms with E-state index >= 15 is 0 Å². The number of hydrogen-bond donors (Lipinski definition) is 1. The lowest BCUT2D eigenvalue weighted by molar-refractivity contribution is -0.118. The monoisotopic (exact) mass is 477 g/mol. The number of aromatic nitrogens is 3. The third-order valence-corrected chi connectivity index (χ3v) is 5.76. The number of nitrogens with zero attached hydrogens (tertiary/aromatic N) is 4. The summed E-state index contributed by atoms with van der Waals surface area (Å²) in [5.41, 5.74) is 5.12. The van der Waals surface area contributed by atoms with E-state index in [0.29, 0.717) is 16.0 Å². The van der Waals surface area contributed by atoms with Crippen LogP contribution in [-0.2, 0) is 4.79 Å². The lowest BCUT2D eigenvalue weighted by Gasteiger charge is -2.10. The second-order valence-electron chi connectivity index (χ2n) is 6.84. The molecule has 0 unspecified atom stereocenters. The average Bonchev–Trinajstić information content (AvgIpc) is 3.28. The lowest BCUT2D eigenvalue weighted by atomic mass is 10.2. The molecule has 0 radical (unpaired) electrons.